The third-order valence-corrected chi connectivity index (χ3v) is 6.72. The molecule has 0 bridgehead atoms. The average molecular weight is 347 g/mol. The fraction of sp³-hybridized carbons (Fsp3) is 0.533. The van der Waals surface area contributed by atoms with Gasteiger partial charge in [0.15, 0.2) is 21.4 Å². The number of hydrogen-bond acceptors (Lipinski definition) is 4. The van der Waals surface area contributed by atoms with Gasteiger partial charge >= 0.3 is 0 Å². The van der Waals surface area contributed by atoms with Crippen molar-refractivity contribution < 1.29 is 26.7 Å². The smallest absolute Gasteiger partial charge is 0.241 e. The third-order valence-electron chi connectivity index (χ3n) is 3.76. The van der Waals surface area contributed by atoms with E-state index in [1.54, 1.807) is 0 Å². The van der Waals surface area contributed by atoms with Crippen molar-refractivity contribution >= 4 is 15.7 Å². The van der Waals surface area contributed by atoms with Gasteiger partial charge < -0.3 is 10.1 Å². The highest BCUT2D eigenvalue weighted by Gasteiger charge is 2.50. The highest BCUT2D eigenvalue weighted by Crippen LogP contribution is 2.36. The lowest BCUT2D eigenvalue weighted by Gasteiger charge is -2.23. The molecule has 0 saturated heterocycles. The van der Waals surface area contributed by atoms with Crippen molar-refractivity contribution in [2.45, 2.75) is 36.7 Å². The number of benzene rings is 1. The summed E-state index contributed by atoms with van der Waals surface area (Å²) in [6.45, 7) is 2.69. The number of halogens is 2. The van der Waals surface area contributed by atoms with E-state index < -0.39 is 37.4 Å². The summed E-state index contributed by atoms with van der Waals surface area (Å²) in [7, 11) is -3.52. The van der Waals surface area contributed by atoms with Crippen molar-refractivity contribution in [2.24, 2.45) is 0 Å². The van der Waals surface area contributed by atoms with Crippen molar-refractivity contribution in [1.82, 2.24) is 5.32 Å². The lowest BCUT2D eigenvalue weighted by Crippen LogP contribution is -2.50. The van der Waals surface area contributed by atoms with Gasteiger partial charge in [0.25, 0.3) is 0 Å². The molecule has 0 aliphatic heterocycles. The molecule has 2 rings (SSSR count). The number of hydrogen-bond donors (Lipinski definition) is 1. The number of rotatable bonds is 7. The minimum Gasteiger partial charge on any atom is -0.489 e. The molecule has 0 spiro atoms. The molecule has 0 unspecified atom stereocenters. The van der Waals surface area contributed by atoms with Gasteiger partial charge in [0.1, 0.15) is 17.2 Å². The predicted molar refractivity (Wildman–Crippen MR) is 80.9 cm³/mol. The molecule has 0 heterocycles. The molecule has 1 aromatic carbocycles. The van der Waals surface area contributed by atoms with Crippen LogP contribution in [0.1, 0.15) is 26.7 Å². The molecule has 1 fully saturated rings. The van der Waals surface area contributed by atoms with Crippen LogP contribution in [0.25, 0.3) is 0 Å². The highest BCUT2D eigenvalue weighted by molar-refractivity contribution is 7.94. The molecular formula is C15H19F2NO4S. The largest absolute Gasteiger partial charge is 0.489 e. The van der Waals surface area contributed by atoms with E-state index in [0.29, 0.717) is 18.9 Å². The monoisotopic (exact) mass is 347 g/mol. The van der Waals surface area contributed by atoms with Gasteiger partial charge in [-0.3, -0.25) is 4.79 Å². The zero-order valence-electron chi connectivity index (χ0n) is 12.9. The summed E-state index contributed by atoms with van der Waals surface area (Å²) >= 11 is 0. The van der Waals surface area contributed by atoms with E-state index >= 15 is 0 Å². The number of nitrogens with one attached hydrogen (secondary N) is 1. The fourth-order valence-electron chi connectivity index (χ4n) is 2.05. The first-order valence-corrected chi connectivity index (χ1v) is 8.80. The number of ether oxygens (including phenoxy) is 1. The van der Waals surface area contributed by atoms with Gasteiger partial charge in [0, 0.05) is 6.07 Å². The fourth-order valence-corrected chi connectivity index (χ4v) is 3.98. The number of carbonyl (C=O) groups excluding carboxylic acids is 1. The van der Waals surface area contributed by atoms with Crippen LogP contribution in [0.4, 0.5) is 8.78 Å². The van der Waals surface area contributed by atoms with Crippen LogP contribution in [-0.2, 0) is 14.6 Å². The van der Waals surface area contributed by atoms with Crippen molar-refractivity contribution in [1.29, 1.82) is 0 Å². The molecule has 1 N–H and O–H groups in total. The van der Waals surface area contributed by atoms with Gasteiger partial charge in [-0.2, -0.15) is 0 Å². The molecule has 1 amide bonds. The maximum absolute atomic E-state index is 13.3. The minimum atomic E-state index is -3.52. The van der Waals surface area contributed by atoms with Crippen LogP contribution in [0.2, 0.25) is 0 Å². The number of amides is 1. The van der Waals surface area contributed by atoms with E-state index in [4.69, 9.17) is 4.74 Å². The normalized spacial score (nSPS) is 15.3. The van der Waals surface area contributed by atoms with Crippen LogP contribution < -0.4 is 10.1 Å². The Morgan fingerprint density at radius 1 is 1.35 bits per heavy atom. The molecule has 5 nitrogen and oxygen atoms in total. The van der Waals surface area contributed by atoms with E-state index in [1.165, 1.54) is 13.8 Å². The molecule has 0 aromatic heterocycles. The summed E-state index contributed by atoms with van der Waals surface area (Å²) in [5.74, 6) is -2.30. The molecule has 8 heteroatoms. The highest BCUT2D eigenvalue weighted by atomic mass is 32.2. The number of carbonyl (C=O) groups is 1. The molecule has 0 atom stereocenters. The summed E-state index contributed by atoms with van der Waals surface area (Å²) in [5.41, 5.74) is 0. The van der Waals surface area contributed by atoms with Crippen LogP contribution in [0, 0.1) is 11.6 Å². The summed E-state index contributed by atoms with van der Waals surface area (Å²) in [5, 5.41) is 2.04. The molecule has 1 aliphatic rings. The first kappa shape index (κ1) is 17.7. The molecule has 1 aromatic rings. The standard InChI is InChI=1S/C15H19F2NO4S/c1-15(2,23(20,21)11-4-5-11)14(19)18-7-8-22-13-6-3-10(16)9-12(13)17/h3,6,9,11H,4-5,7-8H2,1-2H3,(H,18,19). The van der Waals surface area contributed by atoms with Crippen LogP contribution >= 0.6 is 0 Å². The topological polar surface area (TPSA) is 72.5 Å². The average Bonchev–Trinajstić information content (AvgIpc) is 3.29. The maximum atomic E-state index is 13.3. The Morgan fingerprint density at radius 2 is 2.00 bits per heavy atom. The molecule has 1 saturated carbocycles. The van der Waals surface area contributed by atoms with Crippen molar-refractivity contribution in [3.63, 3.8) is 0 Å². The quantitative estimate of drug-likeness (QED) is 0.764. The zero-order chi connectivity index (χ0) is 17.3. The van der Waals surface area contributed by atoms with Crippen LogP contribution in [0.15, 0.2) is 18.2 Å². The number of sulfone groups is 1. The Bertz CT molecular complexity index is 699. The first-order chi connectivity index (χ1) is 10.7. The van der Waals surface area contributed by atoms with E-state index in [-0.39, 0.29) is 18.9 Å². The van der Waals surface area contributed by atoms with Gasteiger partial charge in [-0.1, -0.05) is 0 Å². The van der Waals surface area contributed by atoms with Crippen molar-refractivity contribution in [3.8, 4) is 5.75 Å². The van der Waals surface area contributed by atoms with Gasteiger partial charge in [-0.15, -0.1) is 0 Å². The zero-order valence-corrected chi connectivity index (χ0v) is 13.8. The second kappa shape index (κ2) is 6.43. The molecule has 1 aliphatic carbocycles. The van der Waals surface area contributed by atoms with E-state index in [1.807, 2.05) is 0 Å². The van der Waals surface area contributed by atoms with E-state index in [2.05, 4.69) is 5.32 Å². The SMILES string of the molecule is CC(C)(C(=O)NCCOc1ccc(F)cc1F)S(=O)(=O)C1CC1. The Kier molecular flexibility index (Phi) is 4.93. The predicted octanol–water partition coefficient (Wildman–Crippen LogP) is 1.82. The minimum absolute atomic E-state index is 0.0132. The van der Waals surface area contributed by atoms with Crippen molar-refractivity contribution in [3.05, 3.63) is 29.8 Å². The molecule has 0 radical (unpaired) electrons. The van der Waals surface area contributed by atoms with Crippen molar-refractivity contribution in [2.75, 3.05) is 13.2 Å². The first-order valence-electron chi connectivity index (χ1n) is 7.26. The summed E-state index contributed by atoms with van der Waals surface area (Å²) in [4.78, 5) is 12.1. The Hall–Kier alpha value is -1.70. The van der Waals surface area contributed by atoms with E-state index in [9.17, 15) is 22.0 Å². The lowest BCUT2D eigenvalue weighted by molar-refractivity contribution is -0.122. The second-order valence-electron chi connectivity index (χ2n) is 5.93. The Morgan fingerprint density at radius 3 is 2.57 bits per heavy atom. The maximum Gasteiger partial charge on any atom is 0.241 e. The van der Waals surface area contributed by atoms with Crippen LogP contribution in [0.3, 0.4) is 0 Å². The Balaban J connectivity index is 1.85. The third kappa shape index (κ3) is 3.80. The van der Waals surface area contributed by atoms with Gasteiger partial charge in [0.2, 0.25) is 5.91 Å². The lowest BCUT2D eigenvalue weighted by atomic mass is 10.2. The summed E-state index contributed by atoms with van der Waals surface area (Å²) < 4.78 is 54.1. The second-order valence-corrected chi connectivity index (χ2v) is 8.71. The van der Waals surface area contributed by atoms with Crippen LogP contribution in [-0.4, -0.2) is 37.5 Å². The molecule has 128 valence electrons. The summed E-state index contributed by atoms with van der Waals surface area (Å²) in [6, 6.07) is 2.90. The van der Waals surface area contributed by atoms with Gasteiger partial charge in [0.05, 0.1) is 11.8 Å². The Labute approximate surface area is 133 Å². The molecule has 23 heavy (non-hydrogen) atoms. The molecular weight excluding hydrogens is 328 g/mol. The van der Waals surface area contributed by atoms with Crippen LogP contribution in [0.5, 0.6) is 5.75 Å². The van der Waals surface area contributed by atoms with E-state index in [0.717, 1.165) is 12.1 Å². The van der Waals surface area contributed by atoms with Gasteiger partial charge in [-0.25, -0.2) is 17.2 Å². The summed E-state index contributed by atoms with van der Waals surface area (Å²) in [6.07, 6.45) is 1.18. The van der Waals surface area contributed by atoms with Gasteiger partial charge in [-0.05, 0) is 38.8 Å².